The lowest BCUT2D eigenvalue weighted by atomic mass is 10.1. The van der Waals surface area contributed by atoms with Crippen molar-refractivity contribution in [3.8, 4) is 33.9 Å². The molecular formula is C44H42N12O8S. The maximum absolute atomic E-state index is 12.7. The van der Waals surface area contributed by atoms with Crippen molar-refractivity contribution in [3.05, 3.63) is 141 Å². The second kappa shape index (κ2) is 17.1. The van der Waals surface area contributed by atoms with Crippen LogP contribution in [0, 0.1) is 13.8 Å². The van der Waals surface area contributed by atoms with Crippen molar-refractivity contribution in [2.45, 2.75) is 13.8 Å². The smallest absolute Gasteiger partial charge is 0.400 e. The van der Waals surface area contributed by atoms with Crippen molar-refractivity contribution < 1.29 is 26.4 Å². The highest BCUT2D eigenvalue weighted by Crippen LogP contribution is 2.29. The average Bonchev–Trinajstić information content (AvgIpc) is 4.05. The Kier molecular flexibility index (Phi) is 11.6. The fourth-order valence-electron chi connectivity index (χ4n) is 7.51. The van der Waals surface area contributed by atoms with Crippen molar-refractivity contribution in [3.63, 3.8) is 0 Å². The Hall–Kier alpha value is -7.69. The Morgan fingerprint density at radius 3 is 1.28 bits per heavy atom. The molecule has 2 aliphatic heterocycles. The first-order valence-electron chi connectivity index (χ1n) is 19.9. The lowest BCUT2D eigenvalue weighted by Gasteiger charge is -2.22. The van der Waals surface area contributed by atoms with E-state index in [0.29, 0.717) is 35.9 Å². The third-order valence-electron chi connectivity index (χ3n) is 10.6. The first-order chi connectivity index (χ1) is 30.9. The van der Waals surface area contributed by atoms with E-state index in [9.17, 15) is 9.59 Å². The summed E-state index contributed by atoms with van der Waals surface area (Å²) in [5.41, 5.74) is 7.92. The molecule has 0 radical (unpaired) electrons. The number of benzene rings is 4. The zero-order valence-corrected chi connectivity index (χ0v) is 36.8. The van der Waals surface area contributed by atoms with Crippen molar-refractivity contribution >= 4 is 56.4 Å². The summed E-state index contributed by atoms with van der Waals surface area (Å²) in [4.78, 5) is 32.4. The van der Waals surface area contributed by atoms with Crippen LogP contribution in [0.1, 0.15) is 11.4 Å². The van der Waals surface area contributed by atoms with Gasteiger partial charge in [-0.05, 0) is 38.1 Å². The topological polar surface area (TPSA) is 233 Å². The van der Waals surface area contributed by atoms with Crippen molar-refractivity contribution in [1.29, 1.82) is 0 Å². The fraction of sp³-hybridized carbons (Fsp3) is 0.182. The molecule has 0 fully saturated rings. The molecule has 332 valence electrons. The zero-order valence-electron chi connectivity index (χ0n) is 36.0. The van der Waals surface area contributed by atoms with Gasteiger partial charge in [0.15, 0.2) is 26.0 Å². The average molecular weight is 899 g/mol. The van der Waals surface area contributed by atoms with Crippen LogP contribution < -0.4 is 20.4 Å². The minimum Gasteiger partial charge on any atom is -0.759 e. The second-order valence-electron chi connectivity index (χ2n) is 15.8. The van der Waals surface area contributed by atoms with Gasteiger partial charge in [0.05, 0.1) is 22.8 Å². The van der Waals surface area contributed by atoms with Crippen LogP contribution in [0.3, 0.4) is 0 Å². The van der Waals surface area contributed by atoms with Gasteiger partial charge in [-0.1, -0.05) is 70.9 Å². The van der Waals surface area contributed by atoms with E-state index in [1.807, 2.05) is 149 Å². The molecule has 6 heterocycles. The predicted octanol–water partition coefficient (Wildman–Crippen LogP) is 4.93. The van der Waals surface area contributed by atoms with Crippen LogP contribution >= 0.6 is 0 Å². The maximum atomic E-state index is 12.7. The SMILES string of the molecule is Cc1nn(-c2ccc3cc([N+]4(C)CN(C)C=N4)c(=O)oc3c2)nc1-c1ccccc1.Cc1nn(-c2ccc3cc([N+]4(C)CN(C)C=N4)c(=O)oc3c2)nc1-c1ccccc1.O=S(=O)([O-])[O-]. The number of fused-ring (bicyclic) bond motifs is 2. The summed E-state index contributed by atoms with van der Waals surface area (Å²) < 4.78 is 45.7. The molecule has 0 saturated carbocycles. The van der Waals surface area contributed by atoms with Crippen LogP contribution in [-0.4, -0.2) is 112 Å². The third kappa shape index (κ3) is 9.49. The molecule has 4 aromatic carbocycles. The molecule has 0 N–H and O–H groups in total. The molecule has 21 heteroatoms. The molecular weight excluding hydrogens is 857 g/mol. The Labute approximate surface area is 371 Å². The van der Waals surface area contributed by atoms with Crippen LogP contribution in [0.4, 0.5) is 11.4 Å². The summed E-state index contributed by atoms with van der Waals surface area (Å²) in [6.45, 7) is 5.01. The molecule has 0 bridgehead atoms. The van der Waals surface area contributed by atoms with Crippen LogP contribution in [0.25, 0.3) is 55.8 Å². The lowest BCUT2D eigenvalue weighted by Crippen LogP contribution is -2.43. The van der Waals surface area contributed by atoms with Gasteiger partial charge in [-0.25, -0.2) is 9.59 Å². The van der Waals surface area contributed by atoms with Gasteiger partial charge in [0.1, 0.15) is 36.6 Å². The largest absolute Gasteiger partial charge is 0.759 e. The van der Waals surface area contributed by atoms with Gasteiger partial charge in [-0.3, -0.25) is 8.42 Å². The Morgan fingerprint density at radius 2 is 0.938 bits per heavy atom. The van der Waals surface area contributed by atoms with E-state index in [1.54, 1.807) is 34.4 Å². The zero-order chi connectivity index (χ0) is 46.3. The van der Waals surface area contributed by atoms with Crippen LogP contribution in [0.15, 0.2) is 138 Å². The molecule has 20 nitrogen and oxygen atoms in total. The number of rotatable bonds is 6. The highest BCUT2D eigenvalue weighted by atomic mass is 32.3. The van der Waals surface area contributed by atoms with Crippen molar-refractivity contribution in [2.24, 2.45) is 10.2 Å². The summed E-state index contributed by atoms with van der Waals surface area (Å²) in [5, 5.41) is 28.9. The molecule has 0 aliphatic carbocycles. The summed E-state index contributed by atoms with van der Waals surface area (Å²) in [7, 11) is 2.44. The van der Waals surface area contributed by atoms with Gasteiger partial charge in [0.2, 0.25) is 11.4 Å². The number of nitrogens with zero attached hydrogens (tertiary/aromatic N) is 12. The van der Waals surface area contributed by atoms with E-state index in [2.05, 4.69) is 30.6 Å². The van der Waals surface area contributed by atoms with Gasteiger partial charge < -0.3 is 27.7 Å². The molecule has 0 saturated heterocycles. The van der Waals surface area contributed by atoms with Crippen LogP contribution in [0.5, 0.6) is 0 Å². The molecule has 10 rings (SSSR count). The third-order valence-corrected chi connectivity index (χ3v) is 10.6. The number of aryl methyl sites for hydroxylation is 2. The van der Waals surface area contributed by atoms with E-state index in [4.69, 9.17) is 26.4 Å². The number of quaternary nitrogens is 2. The van der Waals surface area contributed by atoms with E-state index in [-0.39, 0.29) is 9.18 Å². The van der Waals surface area contributed by atoms with Gasteiger partial charge in [-0.15, -0.1) is 19.4 Å². The Balaban J connectivity index is 0.000000161. The summed E-state index contributed by atoms with van der Waals surface area (Å²) in [5.74, 6) is 0. The summed E-state index contributed by atoms with van der Waals surface area (Å²) in [6.07, 6.45) is 3.45. The number of aromatic nitrogens is 6. The fourth-order valence-corrected chi connectivity index (χ4v) is 7.51. The molecule has 8 aromatic rings. The van der Waals surface area contributed by atoms with Gasteiger partial charge in [0.25, 0.3) is 0 Å². The first-order valence-corrected chi connectivity index (χ1v) is 21.3. The minimum atomic E-state index is -5.17. The molecule has 2 unspecified atom stereocenters. The van der Waals surface area contributed by atoms with Crippen molar-refractivity contribution in [2.75, 3.05) is 41.5 Å². The van der Waals surface area contributed by atoms with E-state index in [1.165, 1.54) is 0 Å². The molecule has 2 atom stereocenters. The van der Waals surface area contributed by atoms with Gasteiger partial charge >= 0.3 is 11.3 Å². The second-order valence-corrected chi connectivity index (χ2v) is 16.6. The predicted molar refractivity (Wildman–Crippen MR) is 243 cm³/mol. The monoisotopic (exact) mass is 898 g/mol. The quantitative estimate of drug-likeness (QED) is 0.0933. The van der Waals surface area contributed by atoms with Gasteiger partial charge in [0, 0.05) is 70.7 Å². The molecule has 0 amide bonds. The molecule has 4 aromatic heterocycles. The number of hydrogen-bond donors (Lipinski definition) is 0. The van der Waals surface area contributed by atoms with Crippen molar-refractivity contribution in [1.82, 2.24) is 49.0 Å². The highest BCUT2D eigenvalue weighted by molar-refractivity contribution is 7.79. The Bertz CT molecular complexity index is 3150. The highest BCUT2D eigenvalue weighted by Gasteiger charge is 2.36. The Morgan fingerprint density at radius 1 is 0.569 bits per heavy atom. The normalized spacial score (nSPS) is 17.9. The molecule has 2 aliphatic rings. The first kappa shape index (κ1) is 43.9. The van der Waals surface area contributed by atoms with Crippen LogP contribution in [-0.2, 0) is 10.4 Å². The lowest BCUT2D eigenvalue weighted by molar-refractivity contribution is 0.292. The summed E-state index contributed by atoms with van der Waals surface area (Å²) in [6, 6.07) is 34.8. The standard InChI is InChI=1S/2C22H21N6O2.H2O4S/c2*1-15-21(16-7-5-4-6-8-16)25-27(24-15)18-10-9-17-11-19(22(29)30-20(17)12-18)28(3)14-26(2)13-23-28;1-5(2,3)4/h2*4-13H,14H2,1-3H3;(H2,1,2,3,4)/q2*+1;/p-2. The van der Waals surface area contributed by atoms with Crippen LogP contribution in [0.2, 0.25) is 0 Å². The van der Waals surface area contributed by atoms with Gasteiger partial charge in [-0.2, -0.15) is 19.8 Å². The van der Waals surface area contributed by atoms with E-state index < -0.39 is 21.7 Å². The van der Waals surface area contributed by atoms with E-state index in [0.717, 1.165) is 56.0 Å². The molecule has 0 spiro atoms. The molecule has 65 heavy (non-hydrogen) atoms. The number of hydrogen-bond acceptors (Lipinski definition) is 16. The maximum Gasteiger partial charge on any atom is 0.400 e. The summed E-state index contributed by atoms with van der Waals surface area (Å²) >= 11 is 0. The minimum absolute atomic E-state index is 0.136. The van der Waals surface area contributed by atoms with E-state index >= 15 is 0 Å².